The molecule has 0 unspecified atom stereocenters. The van der Waals surface area contributed by atoms with Gasteiger partial charge in [-0.1, -0.05) is 38.0 Å². The molecule has 0 fully saturated rings. The molecular formula is C50H42S9. The summed E-state index contributed by atoms with van der Waals surface area (Å²) in [6, 6.07) is 21.2. The van der Waals surface area contributed by atoms with Gasteiger partial charge in [-0.3, -0.25) is 0 Å². The SMILES string of the molecule is C=Cc1csc(-c2sc(-c3ccc(C(C)(c4ccc(-c5sc(-c6cc(C=C)cs6)c(C)c5C)s4)c4ccc(-c5sc(-c6cc(C=C)cs6)c(C)c5C)s4)s3)c(C)c2C)c1. The van der Waals surface area contributed by atoms with E-state index in [0.717, 1.165) is 0 Å². The third-order valence-corrected chi connectivity index (χ3v) is 23.6. The first kappa shape index (κ1) is 40.9. The molecule has 0 radical (unpaired) electrons. The van der Waals surface area contributed by atoms with Gasteiger partial charge in [0.15, 0.2) is 0 Å². The molecule has 9 aromatic rings. The second-order valence-corrected chi connectivity index (χ2v) is 24.0. The molecule has 0 spiro atoms. The lowest BCUT2D eigenvalue weighted by atomic mass is 9.85. The van der Waals surface area contributed by atoms with Crippen LogP contribution in [0.3, 0.4) is 0 Å². The Balaban J connectivity index is 1.15. The second kappa shape index (κ2) is 16.1. The predicted octanol–water partition coefficient (Wildman–Crippen LogP) is 19.4. The fourth-order valence-corrected chi connectivity index (χ4v) is 18.9. The van der Waals surface area contributed by atoms with E-state index in [0.29, 0.717) is 0 Å². The lowest BCUT2D eigenvalue weighted by molar-refractivity contribution is 0.744. The van der Waals surface area contributed by atoms with E-state index in [9.17, 15) is 0 Å². The lowest BCUT2D eigenvalue weighted by Gasteiger charge is -2.26. The molecular weight excluding hydrogens is 889 g/mol. The van der Waals surface area contributed by atoms with Crippen LogP contribution in [0.5, 0.6) is 0 Å². The summed E-state index contributed by atoms with van der Waals surface area (Å²) in [7, 11) is 0. The van der Waals surface area contributed by atoms with Gasteiger partial charge in [-0.15, -0.1) is 102 Å². The molecule has 0 amide bonds. The molecule has 0 aliphatic carbocycles. The van der Waals surface area contributed by atoms with Crippen molar-refractivity contribution in [3.8, 4) is 58.5 Å². The van der Waals surface area contributed by atoms with Crippen molar-refractivity contribution in [2.75, 3.05) is 0 Å². The molecule has 9 heterocycles. The minimum absolute atomic E-state index is 0.338. The Morgan fingerprint density at radius 1 is 0.373 bits per heavy atom. The average Bonchev–Trinajstić information content (AvgIpc) is 4.09. The normalized spacial score (nSPS) is 11.8. The van der Waals surface area contributed by atoms with Crippen LogP contribution in [0, 0.1) is 41.5 Å². The van der Waals surface area contributed by atoms with Crippen LogP contribution in [0.2, 0.25) is 0 Å². The maximum Gasteiger partial charge on any atom is 0.0704 e. The van der Waals surface area contributed by atoms with E-state index < -0.39 is 0 Å². The van der Waals surface area contributed by atoms with Crippen molar-refractivity contribution in [3.05, 3.63) is 155 Å². The summed E-state index contributed by atoms with van der Waals surface area (Å²) in [6.07, 6.45) is 5.83. The third-order valence-electron chi connectivity index (χ3n) is 11.5. The zero-order chi connectivity index (χ0) is 41.3. The maximum atomic E-state index is 4.00. The van der Waals surface area contributed by atoms with E-state index in [1.807, 2.05) is 120 Å². The average molecular weight is 931 g/mol. The molecule has 9 aromatic heterocycles. The van der Waals surface area contributed by atoms with Gasteiger partial charge < -0.3 is 0 Å². The smallest absolute Gasteiger partial charge is 0.0704 e. The minimum Gasteiger partial charge on any atom is -0.142 e. The molecule has 9 heteroatoms. The monoisotopic (exact) mass is 930 g/mol. The van der Waals surface area contributed by atoms with Crippen LogP contribution in [0.25, 0.3) is 76.8 Å². The van der Waals surface area contributed by atoms with E-state index in [1.54, 1.807) is 0 Å². The molecule has 0 bridgehead atoms. The highest BCUT2D eigenvalue weighted by Crippen LogP contribution is 2.55. The Kier molecular flexibility index (Phi) is 11.2. The standard InChI is InChI=1S/C50H42S9/c1-11-32-20-38(51-23-32)47-29(7)26(4)44(57-47)35-14-17-41(54-35)50(10,42-18-15-36(55-42)45-27(5)30(8)48(58-45)39-21-33(12-2)24-52-39)43-19-16-37(56-43)46-28(6)31(9)49(59-46)40-22-34(13-3)25-53-40/h11-25H,1-3H2,4-10H3. The van der Waals surface area contributed by atoms with E-state index >= 15 is 0 Å². The Bertz CT molecular complexity index is 2720. The van der Waals surface area contributed by atoms with E-state index in [-0.39, 0.29) is 5.41 Å². The number of hydrogen-bond donors (Lipinski definition) is 0. The highest BCUT2D eigenvalue weighted by atomic mass is 32.1. The molecule has 0 N–H and O–H groups in total. The van der Waals surface area contributed by atoms with Gasteiger partial charge in [0.1, 0.15) is 0 Å². The first-order chi connectivity index (χ1) is 28.4. The van der Waals surface area contributed by atoms with Crippen molar-refractivity contribution in [1.29, 1.82) is 0 Å². The van der Waals surface area contributed by atoms with Crippen LogP contribution in [0.15, 0.2) is 90.5 Å². The molecule has 0 saturated heterocycles. The zero-order valence-electron chi connectivity index (χ0n) is 34.0. The predicted molar refractivity (Wildman–Crippen MR) is 277 cm³/mol. The fraction of sp³-hybridized carbons (Fsp3) is 0.160. The Morgan fingerprint density at radius 2 is 0.627 bits per heavy atom. The van der Waals surface area contributed by atoms with Gasteiger partial charge in [0.25, 0.3) is 0 Å². The topological polar surface area (TPSA) is 0 Å². The van der Waals surface area contributed by atoms with Gasteiger partial charge in [0, 0.05) is 73.2 Å². The molecule has 0 aliphatic rings. The van der Waals surface area contributed by atoms with Crippen LogP contribution in [-0.2, 0) is 5.41 Å². The highest BCUT2D eigenvalue weighted by molar-refractivity contribution is 7.28. The summed E-state index contributed by atoms with van der Waals surface area (Å²) in [5, 5.41) is 6.62. The summed E-state index contributed by atoms with van der Waals surface area (Å²) in [4.78, 5) is 20.3. The van der Waals surface area contributed by atoms with Gasteiger partial charge in [-0.05, 0) is 169 Å². The van der Waals surface area contributed by atoms with Crippen LogP contribution in [0.4, 0.5) is 0 Å². The number of hydrogen-bond acceptors (Lipinski definition) is 9. The van der Waals surface area contributed by atoms with Crippen LogP contribution in [0.1, 0.15) is 71.6 Å². The van der Waals surface area contributed by atoms with Gasteiger partial charge in [-0.2, -0.15) is 0 Å². The highest BCUT2D eigenvalue weighted by Gasteiger charge is 2.37. The molecule has 9 rings (SSSR count). The number of thiophene rings is 9. The van der Waals surface area contributed by atoms with Crippen molar-refractivity contribution in [2.45, 2.75) is 53.9 Å². The molecule has 0 nitrogen and oxygen atoms in total. The first-order valence-electron chi connectivity index (χ1n) is 19.2. The van der Waals surface area contributed by atoms with Crippen molar-refractivity contribution in [3.63, 3.8) is 0 Å². The Labute approximate surface area is 384 Å². The molecule has 0 aromatic carbocycles. The molecule has 296 valence electrons. The molecule has 0 saturated carbocycles. The van der Waals surface area contributed by atoms with Crippen LogP contribution >= 0.6 is 102 Å². The number of rotatable bonds is 12. The van der Waals surface area contributed by atoms with Crippen molar-refractivity contribution >= 4 is 120 Å². The summed E-state index contributed by atoms with van der Waals surface area (Å²) < 4.78 is 0. The van der Waals surface area contributed by atoms with Gasteiger partial charge >= 0.3 is 0 Å². The van der Waals surface area contributed by atoms with E-state index in [4.69, 9.17) is 0 Å². The summed E-state index contributed by atoms with van der Waals surface area (Å²) in [5.74, 6) is 0. The van der Waals surface area contributed by atoms with Gasteiger partial charge in [-0.25, -0.2) is 0 Å². The van der Waals surface area contributed by atoms with Crippen molar-refractivity contribution in [1.82, 2.24) is 0 Å². The first-order valence-corrected chi connectivity index (χ1v) is 26.7. The zero-order valence-corrected chi connectivity index (χ0v) is 41.3. The summed E-state index contributed by atoms with van der Waals surface area (Å²) in [6.45, 7) is 28.2. The summed E-state index contributed by atoms with van der Waals surface area (Å²) >= 11 is 17.1. The minimum atomic E-state index is -0.338. The van der Waals surface area contributed by atoms with E-state index in [1.165, 1.54) is 123 Å². The van der Waals surface area contributed by atoms with Gasteiger partial charge in [0.2, 0.25) is 0 Å². The van der Waals surface area contributed by atoms with Gasteiger partial charge in [0.05, 0.1) is 5.41 Å². The Morgan fingerprint density at radius 3 is 0.864 bits per heavy atom. The van der Waals surface area contributed by atoms with Crippen LogP contribution < -0.4 is 0 Å². The van der Waals surface area contributed by atoms with E-state index in [2.05, 4.69) is 139 Å². The second-order valence-electron chi connectivity index (χ2n) is 15.0. The molecule has 0 aliphatic heterocycles. The fourth-order valence-electron chi connectivity index (χ4n) is 7.48. The largest absolute Gasteiger partial charge is 0.142 e. The van der Waals surface area contributed by atoms with Crippen LogP contribution in [-0.4, -0.2) is 0 Å². The lowest BCUT2D eigenvalue weighted by Crippen LogP contribution is -2.21. The third kappa shape index (κ3) is 7.01. The quantitative estimate of drug-likeness (QED) is 0.115. The summed E-state index contributed by atoms with van der Waals surface area (Å²) in [5.41, 5.74) is 11.5. The maximum absolute atomic E-state index is 4.00. The Hall–Kier alpha value is -3.48. The molecule has 59 heavy (non-hydrogen) atoms. The molecule has 0 atom stereocenters. The van der Waals surface area contributed by atoms with Crippen molar-refractivity contribution in [2.24, 2.45) is 0 Å². The van der Waals surface area contributed by atoms with Crippen molar-refractivity contribution < 1.29 is 0 Å².